The molecule has 0 fully saturated rings. The number of hydrogen-bond acceptors (Lipinski definition) is 6. The van der Waals surface area contributed by atoms with Crippen molar-refractivity contribution < 1.29 is 4.74 Å². The molecule has 3 aromatic rings. The number of anilines is 1. The first kappa shape index (κ1) is 12.9. The van der Waals surface area contributed by atoms with E-state index in [0.29, 0.717) is 40.7 Å². The number of hydrogen-bond donors (Lipinski definition) is 2. The molecule has 3 rings (SSSR count). The van der Waals surface area contributed by atoms with Crippen molar-refractivity contribution in [3.05, 3.63) is 36.0 Å². The van der Waals surface area contributed by atoms with E-state index in [1.165, 1.54) is 0 Å². The van der Waals surface area contributed by atoms with Gasteiger partial charge < -0.3 is 10.1 Å². The van der Waals surface area contributed by atoms with Crippen molar-refractivity contribution in [1.82, 2.24) is 20.2 Å². The molecule has 0 atom stereocenters. The molecule has 0 saturated heterocycles. The number of aromatic amines is 1. The molecule has 0 aliphatic carbocycles. The number of nitrogens with zero attached hydrogens (tertiary/aromatic N) is 4. The summed E-state index contributed by atoms with van der Waals surface area (Å²) in [6.07, 6.45) is 1.59. The Morgan fingerprint density at radius 2 is 2.19 bits per heavy atom. The quantitative estimate of drug-likeness (QED) is 0.761. The highest BCUT2D eigenvalue weighted by molar-refractivity contribution is 5.81. The monoisotopic (exact) mass is 280 g/mol. The second-order valence-corrected chi connectivity index (χ2v) is 4.23. The van der Waals surface area contributed by atoms with Gasteiger partial charge in [-0.2, -0.15) is 20.3 Å². The Hall–Kier alpha value is -3.14. The fraction of sp³-hybridized carbons (Fsp3) is 0.143. The van der Waals surface area contributed by atoms with Gasteiger partial charge in [-0.15, -0.1) is 0 Å². The van der Waals surface area contributed by atoms with Crippen molar-refractivity contribution >= 4 is 17.0 Å². The maximum absolute atomic E-state index is 9.11. The summed E-state index contributed by atoms with van der Waals surface area (Å²) in [5.41, 5.74) is 1.02. The van der Waals surface area contributed by atoms with Crippen LogP contribution in [0.1, 0.15) is 12.5 Å². The number of aromatic nitrogens is 4. The highest BCUT2D eigenvalue weighted by Gasteiger charge is 2.13. The van der Waals surface area contributed by atoms with Crippen LogP contribution in [-0.4, -0.2) is 26.7 Å². The van der Waals surface area contributed by atoms with Crippen molar-refractivity contribution in [1.29, 1.82) is 5.26 Å². The molecule has 0 unspecified atom stereocenters. The molecular weight excluding hydrogens is 268 g/mol. The van der Waals surface area contributed by atoms with Crippen LogP contribution in [0.2, 0.25) is 0 Å². The third kappa shape index (κ3) is 2.47. The first-order valence-corrected chi connectivity index (χ1v) is 6.43. The van der Waals surface area contributed by atoms with Gasteiger partial charge in [0.2, 0.25) is 11.8 Å². The molecule has 0 aliphatic heterocycles. The van der Waals surface area contributed by atoms with Crippen LogP contribution in [-0.2, 0) is 0 Å². The van der Waals surface area contributed by atoms with E-state index in [1.54, 1.807) is 30.5 Å². The first-order valence-electron chi connectivity index (χ1n) is 6.43. The number of nitrogens with one attached hydrogen (secondary N) is 2. The van der Waals surface area contributed by atoms with Gasteiger partial charge in [-0.1, -0.05) is 12.1 Å². The summed E-state index contributed by atoms with van der Waals surface area (Å²) < 4.78 is 5.79. The van der Waals surface area contributed by atoms with Crippen LogP contribution >= 0.6 is 0 Å². The zero-order valence-corrected chi connectivity index (χ0v) is 11.3. The molecule has 1 aromatic carbocycles. The van der Waals surface area contributed by atoms with E-state index in [9.17, 15) is 0 Å². The average molecular weight is 280 g/mol. The highest BCUT2D eigenvalue weighted by atomic mass is 16.5. The van der Waals surface area contributed by atoms with Crippen molar-refractivity contribution in [2.24, 2.45) is 0 Å². The summed E-state index contributed by atoms with van der Waals surface area (Å²) in [7, 11) is 0. The van der Waals surface area contributed by atoms with Gasteiger partial charge in [-0.25, -0.2) is 0 Å². The van der Waals surface area contributed by atoms with Crippen molar-refractivity contribution in [2.75, 3.05) is 11.9 Å². The van der Waals surface area contributed by atoms with Crippen LogP contribution in [0, 0.1) is 11.3 Å². The number of fused-ring (bicyclic) bond motifs is 1. The number of nitriles is 1. The molecular formula is C14H12N6O. The van der Waals surface area contributed by atoms with Gasteiger partial charge in [0, 0.05) is 6.54 Å². The Morgan fingerprint density at radius 3 is 3.00 bits per heavy atom. The van der Waals surface area contributed by atoms with Gasteiger partial charge >= 0.3 is 0 Å². The van der Waals surface area contributed by atoms with Gasteiger partial charge in [-0.3, -0.25) is 5.10 Å². The Bertz CT molecular complexity index is 820. The summed E-state index contributed by atoms with van der Waals surface area (Å²) in [4.78, 5) is 8.60. The maximum Gasteiger partial charge on any atom is 0.235 e. The van der Waals surface area contributed by atoms with Gasteiger partial charge in [0.1, 0.15) is 17.2 Å². The van der Waals surface area contributed by atoms with Gasteiger partial charge in [-0.05, 0) is 19.1 Å². The molecule has 0 saturated carbocycles. The number of ether oxygens (including phenoxy) is 1. The van der Waals surface area contributed by atoms with Crippen LogP contribution in [0.15, 0.2) is 30.5 Å². The summed E-state index contributed by atoms with van der Waals surface area (Å²) in [6.45, 7) is 2.64. The fourth-order valence-corrected chi connectivity index (χ4v) is 1.88. The second-order valence-electron chi connectivity index (χ2n) is 4.23. The Morgan fingerprint density at radius 1 is 1.33 bits per heavy atom. The lowest BCUT2D eigenvalue weighted by atomic mass is 10.2. The molecule has 21 heavy (non-hydrogen) atoms. The fourth-order valence-electron chi connectivity index (χ4n) is 1.88. The predicted molar refractivity (Wildman–Crippen MR) is 77.1 cm³/mol. The van der Waals surface area contributed by atoms with Crippen LogP contribution < -0.4 is 10.1 Å². The summed E-state index contributed by atoms with van der Waals surface area (Å²) in [5, 5.41) is 19.5. The van der Waals surface area contributed by atoms with Crippen LogP contribution in [0.4, 0.5) is 5.95 Å². The Labute approximate surface area is 120 Å². The molecule has 0 bridgehead atoms. The summed E-state index contributed by atoms with van der Waals surface area (Å²) in [6, 6.07) is 9.08. The van der Waals surface area contributed by atoms with Crippen molar-refractivity contribution in [3.8, 4) is 17.7 Å². The molecule has 0 spiro atoms. The summed E-state index contributed by atoms with van der Waals surface area (Å²) in [5.74, 6) is 1.25. The van der Waals surface area contributed by atoms with Gasteiger partial charge in [0.05, 0.1) is 11.8 Å². The zero-order valence-electron chi connectivity index (χ0n) is 11.3. The SMILES string of the molecule is CCNc1nc(Oc2ccccc2C#N)c2cn[nH]c2n1. The van der Waals surface area contributed by atoms with E-state index in [4.69, 9.17) is 10.00 Å². The minimum atomic E-state index is 0.354. The van der Waals surface area contributed by atoms with Crippen LogP contribution in [0.25, 0.3) is 11.0 Å². The smallest absolute Gasteiger partial charge is 0.235 e. The average Bonchev–Trinajstić information content (AvgIpc) is 2.97. The summed E-state index contributed by atoms with van der Waals surface area (Å²) >= 11 is 0. The van der Waals surface area contributed by atoms with Crippen molar-refractivity contribution in [2.45, 2.75) is 6.92 Å². The van der Waals surface area contributed by atoms with E-state index in [-0.39, 0.29) is 0 Å². The largest absolute Gasteiger partial charge is 0.437 e. The number of H-pyrrole nitrogens is 1. The predicted octanol–water partition coefficient (Wildman–Crippen LogP) is 2.45. The molecule has 104 valence electrons. The molecule has 0 amide bonds. The van der Waals surface area contributed by atoms with Crippen LogP contribution in [0.5, 0.6) is 11.6 Å². The van der Waals surface area contributed by atoms with Gasteiger partial charge in [0.15, 0.2) is 5.65 Å². The molecule has 2 N–H and O–H groups in total. The highest BCUT2D eigenvalue weighted by Crippen LogP contribution is 2.29. The van der Waals surface area contributed by atoms with E-state index in [1.807, 2.05) is 6.92 Å². The second kappa shape index (κ2) is 5.46. The van der Waals surface area contributed by atoms with E-state index < -0.39 is 0 Å². The topological polar surface area (TPSA) is 99.5 Å². The first-order chi connectivity index (χ1) is 10.3. The normalized spacial score (nSPS) is 10.3. The Balaban J connectivity index is 2.07. The molecule has 0 radical (unpaired) electrons. The molecule has 2 aromatic heterocycles. The third-order valence-corrected chi connectivity index (χ3v) is 2.82. The lowest BCUT2D eigenvalue weighted by Crippen LogP contribution is -2.03. The van der Waals surface area contributed by atoms with E-state index >= 15 is 0 Å². The number of para-hydroxylation sites is 1. The number of benzene rings is 1. The lowest BCUT2D eigenvalue weighted by molar-refractivity contribution is 0.467. The lowest BCUT2D eigenvalue weighted by Gasteiger charge is -2.08. The maximum atomic E-state index is 9.11. The molecule has 2 heterocycles. The van der Waals surface area contributed by atoms with Gasteiger partial charge in [0.25, 0.3) is 0 Å². The standard InChI is InChI=1S/C14H12N6O/c1-2-16-14-18-12-10(8-17-20-12)13(19-14)21-11-6-4-3-5-9(11)7-15/h3-6,8H,2H2,1H3,(H2,16,17,18,19,20). The Kier molecular flexibility index (Phi) is 3.35. The van der Waals surface area contributed by atoms with Crippen molar-refractivity contribution in [3.63, 3.8) is 0 Å². The number of rotatable bonds is 4. The minimum Gasteiger partial charge on any atom is -0.437 e. The van der Waals surface area contributed by atoms with E-state index in [2.05, 4.69) is 31.6 Å². The van der Waals surface area contributed by atoms with Crippen LogP contribution in [0.3, 0.4) is 0 Å². The molecule has 7 heteroatoms. The third-order valence-electron chi connectivity index (χ3n) is 2.82. The van der Waals surface area contributed by atoms with E-state index in [0.717, 1.165) is 0 Å². The minimum absolute atomic E-state index is 0.354. The zero-order chi connectivity index (χ0) is 14.7. The molecule has 0 aliphatic rings. The molecule has 7 nitrogen and oxygen atoms in total.